The molecule has 1 saturated heterocycles. The molecule has 1 aliphatic heterocycles. The fraction of sp³-hybridized carbons (Fsp3) is 0.368. The summed E-state index contributed by atoms with van der Waals surface area (Å²) in [5.41, 5.74) is 3.27. The van der Waals surface area contributed by atoms with Gasteiger partial charge in [-0.2, -0.15) is 0 Å². The van der Waals surface area contributed by atoms with Gasteiger partial charge in [-0.3, -0.25) is 19.7 Å². The van der Waals surface area contributed by atoms with Crippen molar-refractivity contribution in [1.82, 2.24) is 24.5 Å². The molecule has 0 radical (unpaired) electrons. The van der Waals surface area contributed by atoms with Crippen LogP contribution in [0.15, 0.2) is 35.4 Å². The molecular weight excluding hydrogens is 330 g/mol. The highest BCUT2D eigenvalue weighted by Crippen LogP contribution is 2.31. The van der Waals surface area contributed by atoms with Gasteiger partial charge in [0.15, 0.2) is 5.65 Å². The van der Waals surface area contributed by atoms with Crippen LogP contribution in [0, 0.1) is 13.8 Å². The zero-order chi connectivity index (χ0) is 18.3. The zero-order valence-corrected chi connectivity index (χ0v) is 14.9. The number of aromatic amines is 1. The molecule has 0 saturated carbocycles. The largest absolute Gasteiger partial charge is 0.330 e. The molecule has 1 atom stereocenters. The number of fused-ring (bicyclic) bond motifs is 1. The minimum absolute atomic E-state index is 0.0332. The number of likely N-dealkylation sites (tertiary alicyclic amines) is 1. The number of aryl methyl sites for hydroxylation is 1. The predicted molar refractivity (Wildman–Crippen MR) is 97.2 cm³/mol. The number of piperidine rings is 1. The number of nitrogens with zero attached hydrogens (tertiary/aromatic N) is 4. The molecule has 1 fully saturated rings. The first kappa shape index (κ1) is 16.5. The Morgan fingerprint density at radius 2 is 2.15 bits per heavy atom. The Bertz CT molecular complexity index is 1020. The van der Waals surface area contributed by atoms with Gasteiger partial charge >= 0.3 is 0 Å². The van der Waals surface area contributed by atoms with E-state index >= 15 is 0 Å². The molecule has 7 nitrogen and oxygen atoms in total. The lowest BCUT2D eigenvalue weighted by molar-refractivity contribution is 0.0605. The van der Waals surface area contributed by atoms with E-state index in [2.05, 4.69) is 15.1 Å². The van der Waals surface area contributed by atoms with E-state index in [0.29, 0.717) is 23.3 Å². The van der Waals surface area contributed by atoms with Gasteiger partial charge in [-0.1, -0.05) is 0 Å². The number of carbonyl (C=O) groups excluding carboxylic acids is 1. The molecule has 0 spiro atoms. The summed E-state index contributed by atoms with van der Waals surface area (Å²) >= 11 is 0. The third-order valence-electron chi connectivity index (χ3n) is 5.13. The monoisotopic (exact) mass is 351 g/mol. The Labute approximate surface area is 150 Å². The molecule has 4 rings (SSSR count). The Morgan fingerprint density at radius 1 is 1.31 bits per heavy atom. The van der Waals surface area contributed by atoms with Crippen LogP contribution >= 0.6 is 0 Å². The summed E-state index contributed by atoms with van der Waals surface area (Å²) in [6.07, 6.45) is 6.12. The second kappa shape index (κ2) is 6.40. The van der Waals surface area contributed by atoms with Crippen molar-refractivity contribution in [3.8, 4) is 0 Å². The highest BCUT2D eigenvalue weighted by atomic mass is 16.2. The molecule has 3 aromatic heterocycles. The van der Waals surface area contributed by atoms with Crippen LogP contribution in [-0.4, -0.2) is 36.9 Å². The van der Waals surface area contributed by atoms with Crippen molar-refractivity contribution < 1.29 is 4.79 Å². The van der Waals surface area contributed by atoms with Gasteiger partial charge < -0.3 is 4.90 Å². The van der Waals surface area contributed by atoms with Gasteiger partial charge in [-0.05, 0) is 45.2 Å². The molecule has 0 aliphatic carbocycles. The van der Waals surface area contributed by atoms with E-state index in [1.54, 1.807) is 31.5 Å². The third kappa shape index (κ3) is 2.69. The summed E-state index contributed by atoms with van der Waals surface area (Å²) in [7, 11) is 0. The predicted octanol–water partition coefficient (Wildman–Crippen LogP) is 2.40. The van der Waals surface area contributed by atoms with Crippen LogP contribution in [0.4, 0.5) is 0 Å². The molecule has 4 heterocycles. The van der Waals surface area contributed by atoms with E-state index in [1.807, 2.05) is 17.9 Å². The summed E-state index contributed by atoms with van der Waals surface area (Å²) in [6.45, 7) is 4.30. The number of rotatable bonds is 2. The number of H-pyrrole nitrogens is 1. The lowest BCUT2D eigenvalue weighted by atomic mass is 9.98. The Morgan fingerprint density at radius 3 is 2.92 bits per heavy atom. The number of pyridine rings is 1. The Hall–Kier alpha value is -2.96. The van der Waals surface area contributed by atoms with Crippen LogP contribution in [0.5, 0.6) is 0 Å². The minimum Gasteiger partial charge on any atom is -0.330 e. The molecule has 0 bridgehead atoms. The topological polar surface area (TPSA) is 83.4 Å². The molecule has 1 amide bonds. The van der Waals surface area contributed by atoms with E-state index in [9.17, 15) is 9.59 Å². The number of amides is 1. The number of carbonyl (C=O) groups is 1. The van der Waals surface area contributed by atoms with Crippen LogP contribution in [0.2, 0.25) is 0 Å². The van der Waals surface area contributed by atoms with Crippen LogP contribution in [0.1, 0.15) is 52.6 Å². The summed E-state index contributed by atoms with van der Waals surface area (Å²) < 4.78 is 1.47. The van der Waals surface area contributed by atoms with E-state index in [-0.39, 0.29) is 17.5 Å². The molecule has 0 aromatic carbocycles. The molecule has 7 heteroatoms. The van der Waals surface area contributed by atoms with Gasteiger partial charge in [0.05, 0.1) is 17.3 Å². The van der Waals surface area contributed by atoms with Crippen molar-refractivity contribution in [3.05, 3.63) is 63.5 Å². The van der Waals surface area contributed by atoms with Gasteiger partial charge in [-0.15, -0.1) is 0 Å². The molecular formula is C19H21N5O2. The average Bonchev–Trinajstić information content (AvgIpc) is 3.10. The molecule has 1 aliphatic rings. The van der Waals surface area contributed by atoms with Crippen molar-refractivity contribution in [3.63, 3.8) is 0 Å². The highest BCUT2D eigenvalue weighted by Gasteiger charge is 2.30. The minimum atomic E-state index is -0.0989. The Kier molecular flexibility index (Phi) is 4.06. The van der Waals surface area contributed by atoms with Gasteiger partial charge in [0.2, 0.25) is 0 Å². The van der Waals surface area contributed by atoms with Crippen LogP contribution < -0.4 is 5.56 Å². The van der Waals surface area contributed by atoms with Crippen molar-refractivity contribution in [2.45, 2.75) is 39.2 Å². The smallest absolute Gasteiger partial charge is 0.275 e. The lowest BCUT2D eigenvalue weighted by Crippen LogP contribution is -2.38. The maximum atomic E-state index is 13.0. The number of hydrogen-bond donors (Lipinski definition) is 1. The summed E-state index contributed by atoms with van der Waals surface area (Å²) in [5, 5.41) is 3.17. The van der Waals surface area contributed by atoms with Gasteiger partial charge in [-0.25, -0.2) is 9.50 Å². The van der Waals surface area contributed by atoms with E-state index in [4.69, 9.17) is 0 Å². The number of aromatic nitrogens is 4. The molecule has 3 aromatic rings. The maximum absolute atomic E-state index is 13.0. The highest BCUT2D eigenvalue weighted by molar-refractivity contribution is 5.94. The fourth-order valence-electron chi connectivity index (χ4n) is 3.56. The number of hydrogen-bond acceptors (Lipinski definition) is 4. The molecule has 134 valence electrons. The quantitative estimate of drug-likeness (QED) is 0.768. The van der Waals surface area contributed by atoms with Gasteiger partial charge in [0.1, 0.15) is 0 Å². The van der Waals surface area contributed by atoms with Crippen molar-refractivity contribution >= 4 is 11.6 Å². The number of nitrogens with one attached hydrogen (secondary N) is 1. The first-order valence-corrected chi connectivity index (χ1v) is 8.86. The van der Waals surface area contributed by atoms with Crippen LogP contribution in [0.3, 0.4) is 0 Å². The Balaban J connectivity index is 1.75. The van der Waals surface area contributed by atoms with Crippen molar-refractivity contribution in [2.24, 2.45) is 0 Å². The van der Waals surface area contributed by atoms with Crippen LogP contribution in [-0.2, 0) is 0 Å². The second-order valence-corrected chi connectivity index (χ2v) is 6.78. The summed E-state index contributed by atoms with van der Waals surface area (Å²) in [5.74, 6) is -0.0332. The second-order valence-electron chi connectivity index (χ2n) is 6.78. The summed E-state index contributed by atoms with van der Waals surface area (Å²) in [4.78, 5) is 35.9. The summed E-state index contributed by atoms with van der Waals surface area (Å²) in [6, 6.07) is 5.33. The third-order valence-corrected chi connectivity index (χ3v) is 5.13. The lowest BCUT2D eigenvalue weighted by Gasteiger charge is -2.35. The van der Waals surface area contributed by atoms with Crippen molar-refractivity contribution in [1.29, 1.82) is 0 Å². The molecule has 1 unspecified atom stereocenters. The maximum Gasteiger partial charge on any atom is 0.275 e. The first-order valence-electron chi connectivity index (χ1n) is 8.86. The standard InChI is InChI=1S/C19H21N5O2/c1-12-13(2)21-17-10-15(22-24(17)18(12)25)16-7-3-4-9-23(16)19(26)14-6-5-8-20-11-14/h5-6,8,10-11,16,22H,3-4,7,9H2,1-2H3. The average molecular weight is 351 g/mol. The van der Waals surface area contributed by atoms with E-state index in [0.717, 1.165) is 30.7 Å². The van der Waals surface area contributed by atoms with Crippen LogP contribution in [0.25, 0.3) is 5.65 Å². The van der Waals surface area contributed by atoms with E-state index < -0.39 is 0 Å². The SMILES string of the molecule is Cc1nc2cc(C3CCCCN3C(=O)c3cccnc3)[nH]n2c(=O)c1C. The normalized spacial score (nSPS) is 17.6. The van der Waals surface area contributed by atoms with Crippen molar-refractivity contribution in [2.75, 3.05) is 6.54 Å². The van der Waals surface area contributed by atoms with Gasteiger partial charge in [0.25, 0.3) is 11.5 Å². The van der Waals surface area contributed by atoms with Gasteiger partial charge in [0, 0.05) is 36.3 Å². The fourth-order valence-corrected chi connectivity index (χ4v) is 3.56. The molecule has 1 N–H and O–H groups in total. The zero-order valence-electron chi connectivity index (χ0n) is 14.9. The molecule has 26 heavy (non-hydrogen) atoms. The van der Waals surface area contributed by atoms with E-state index in [1.165, 1.54) is 4.52 Å². The first-order chi connectivity index (χ1) is 12.6.